The molecule has 0 aliphatic rings. The molecule has 0 saturated heterocycles. The topological polar surface area (TPSA) is 65.5 Å². The Balaban J connectivity index is 2.36. The fraction of sp³-hybridized carbons (Fsp3) is 0.467. The Hall–Kier alpha value is -2.04. The zero-order chi connectivity index (χ0) is 14.6. The normalized spacial score (nSPS) is 11.0. The van der Waals surface area contributed by atoms with Crippen LogP contribution in [0.4, 0.5) is 0 Å². The third kappa shape index (κ3) is 6.78. The van der Waals surface area contributed by atoms with Gasteiger partial charge in [0.05, 0.1) is 0 Å². The van der Waals surface area contributed by atoms with Gasteiger partial charge < -0.3 is 16.0 Å². The molecular weight excluding hydrogens is 252 g/mol. The van der Waals surface area contributed by atoms with Crippen molar-refractivity contribution in [1.29, 1.82) is 0 Å². The van der Waals surface area contributed by atoms with E-state index >= 15 is 0 Å². The van der Waals surface area contributed by atoms with Crippen molar-refractivity contribution in [3.8, 4) is 0 Å². The molecule has 3 N–H and O–H groups in total. The molecule has 1 amide bonds. The van der Waals surface area contributed by atoms with Gasteiger partial charge in [-0.25, -0.2) is 4.99 Å². The van der Waals surface area contributed by atoms with Gasteiger partial charge in [0.15, 0.2) is 5.96 Å². The van der Waals surface area contributed by atoms with Gasteiger partial charge in [0.25, 0.3) is 0 Å². The lowest BCUT2D eigenvalue weighted by atomic mass is 10.2. The molecule has 0 saturated carbocycles. The SMILES string of the molecule is CCCNC(=NCC(=O)NCc1ccccc1)NCC. The van der Waals surface area contributed by atoms with Crippen LogP contribution in [0.2, 0.25) is 0 Å². The molecule has 0 heterocycles. The number of carbonyl (C=O) groups is 1. The molecule has 0 aliphatic heterocycles. The van der Waals surface area contributed by atoms with Crippen molar-refractivity contribution in [1.82, 2.24) is 16.0 Å². The van der Waals surface area contributed by atoms with Gasteiger partial charge in [-0.15, -0.1) is 0 Å². The fourth-order valence-electron chi connectivity index (χ4n) is 1.59. The number of hydrogen-bond donors (Lipinski definition) is 3. The fourth-order valence-corrected chi connectivity index (χ4v) is 1.59. The van der Waals surface area contributed by atoms with Crippen LogP contribution >= 0.6 is 0 Å². The second-order valence-corrected chi connectivity index (χ2v) is 4.38. The molecule has 0 aliphatic carbocycles. The highest BCUT2D eigenvalue weighted by molar-refractivity contribution is 5.84. The Morgan fingerprint density at radius 1 is 1.10 bits per heavy atom. The first-order chi connectivity index (χ1) is 9.76. The monoisotopic (exact) mass is 276 g/mol. The molecule has 0 unspecified atom stereocenters. The number of nitrogens with one attached hydrogen (secondary N) is 3. The Morgan fingerprint density at radius 2 is 1.85 bits per heavy atom. The maximum atomic E-state index is 11.7. The van der Waals surface area contributed by atoms with Crippen molar-refractivity contribution in [2.75, 3.05) is 19.6 Å². The summed E-state index contributed by atoms with van der Waals surface area (Å²) >= 11 is 0. The molecule has 0 radical (unpaired) electrons. The van der Waals surface area contributed by atoms with E-state index in [9.17, 15) is 4.79 Å². The van der Waals surface area contributed by atoms with Gasteiger partial charge in [0.2, 0.25) is 5.91 Å². The zero-order valence-corrected chi connectivity index (χ0v) is 12.3. The van der Waals surface area contributed by atoms with Gasteiger partial charge in [0.1, 0.15) is 6.54 Å². The quantitative estimate of drug-likeness (QED) is 0.519. The molecule has 0 bridgehead atoms. The van der Waals surface area contributed by atoms with Gasteiger partial charge in [0, 0.05) is 19.6 Å². The number of guanidine groups is 1. The van der Waals surface area contributed by atoms with Crippen molar-refractivity contribution < 1.29 is 4.79 Å². The predicted octanol–water partition coefficient (Wildman–Crippen LogP) is 1.27. The standard InChI is InChI=1S/C15H24N4O/c1-3-10-17-15(16-4-2)19-12-14(20)18-11-13-8-6-5-7-9-13/h5-9H,3-4,10-12H2,1-2H3,(H,18,20)(H2,16,17,19). The minimum atomic E-state index is -0.0810. The van der Waals surface area contributed by atoms with E-state index < -0.39 is 0 Å². The predicted molar refractivity (Wildman–Crippen MR) is 82.6 cm³/mol. The number of amides is 1. The van der Waals surface area contributed by atoms with E-state index in [0.29, 0.717) is 12.5 Å². The molecule has 0 spiro atoms. The molecule has 5 heteroatoms. The second-order valence-electron chi connectivity index (χ2n) is 4.38. The Labute approximate surface area is 120 Å². The summed E-state index contributed by atoms with van der Waals surface area (Å²) in [4.78, 5) is 16.0. The minimum absolute atomic E-state index is 0.0810. The molecule has 1 aromatic rings. The van der Waals surface area contributed by atoms with Crippen molar-refractivity contribution in [3.63, 3.8) is 0 Å². The summed E-state index contributed by atoms with van der Waals surface area (Å²) in [6.45, 7) is 6.38. The summed E-state index contributed by atoms with van der Waals surface area (Å²) in [5.74, 6) is 0.603. The number of aliphatic imine (C=N–C) groups is 1. The van der Waals surface area contributed by atoms with Gasteiger partial charge in [-0.3, -0.25) is 4.79 Å². The van der Waals surface area contributed by atoms with Crippen molar-refractivity contribution in [3.05, 3.63) is 35.9 Å². The highest BCUT2D eigenvalue weighted by Crippen LogP contribution is 1.96. The molecular formula is C15H24N4O. The summed E-state index contributed by atoms with van der Waals surface area (Å²) in [5.41, 5.74) is 1.08. The average Bonchev–Trinajstić information content (AvgIpc) is 2.49. The number of hydrogen-bond acceptors (Lipinski definition) is 2. The number of benzene rings is 1. The lowest BCUT2D eigenvalue weighted by Crippen LogP contribution is -2.38. The van der Waals surface area contributed by atoms with Gasteiger partial charge in [-0.2, -0.15) is 0 Å². The van der Waals surface area contributed by atoms with E-state index in [2.05, 4.69) is 27.9 Å². The van der Waals surface area contributed by atoms with E-state index in [1.807, 2.05) is 37.3 Å². The first-order valence-electron chi connectivity index (χ1n) is 7.09. The first kappa shape index (κ1) is 16.0. The van der Waals surface area contributed by atoms with Crippen LogP contribution in [0, 0.1) is 0 Å². The van der Waals surface area contributed by atoms with Crippen LogP contribution in [0.15, 0.2) is 35.3 Å². The van der Waals surface area contributed by atoms with Crippen LogP contribution in [0.5, 0.6) is 0 Å². The molecule has 110 valence electrons. The maximum absolute atomic E-state index is 11.7. The van der Waals surface area contributed by atoms with Gasteiger partial charge in [-0.05, 0) is 18.9 Å². The van der Waals surface area contributed by atoms with Crippen molar-refractivity contribution in [2.45, 2.75) is 26.8 Å². The molecule has 1 rings (SSSR count). The Bertz CT molecular complexity index is 417. The summed E-state index contributed by atoms with van der Waals surface area (Å²) in [6, 6.07) is 9.83. The summed E-state index contributed by atoms with van der Waals surface area (Å²) in [5, 5.41) is 9.11. The van der Waals surface area contributed by atoms with E-state index in [0.717, 1.165) is 25.1 Å². The number of carbonyl (C=O) groups excluding carboxylic acids is 1. The van der Waals surface area contributed by atoms with Crippen LogP contribution < -0.4 is 16.0 Å². The average molecular weight is 276 g/mol. The molecule has 0 atom stereocenters. The van der Waals surface area contributed by atoms with Crippen LogP contribution in [-0.2, 0) is 11.3 Å². The van der Waals surface area contributed by atoms with Crippen LogP contribution in [0.3, 0.4) is 0 Å². The maximum Gasteiger partial charge on any atom is 0.242 e. The number of rotatable bonds is 7. The summed E-state index contributed by atoms with van der Waals surface area (Å²) in [7, 11) is 0. The second kappa shape index (κ2) is 9.83. The van der Waals surface area contributed by atoms with Crippen molar-refractivity contribution >= 4 is 11.9 Å². The summed E-state index contributed by atoms with van der Waals surface area (Å²) < 4.78 is 0. The Kier molecular flexibility index (Phi) is 7.87. The first-order valence-corrected chi connectivity index (χ1v) is 7.09. The van der Waals surface area contributed by atoms with E-state index in [1.165, 1.54) is 0 Å². The zero-order valence-electron chi connectivity index (χ0n) is 12.3. The van der Waals surface area contributed by atoms with Crippen LogP contribution in [-0.4, -0.2) is 31.5 Å². The molecule has 20 heavy (non-hydrogen) atoms. The number of nitrogens with zero attached hydrogens (tertiary/aromatic N) is 1. The molecule has 1 aromatic carbocycles. The lowest BCUT2D eigenvalue weighted by molar-refractivity contribution is -0.119. The van der Waals surface area contributed by atoms with E-state index in [4.69, 9.17) is 0 Å². The smallest absolute Gasteiger partial charge is 0.242 e. The Morgan fingerprint density at radius 3 is 2.50 bits per heavy atom. The van der Waals surface area contributed by atoms with Gasteiger partial charge >= 0.3 is 0 Å². The largest absolute Gasteiger partial charge is 0.357 e. The minimum Gasteiger partial charge on any atom is -0.357 e. The lowest BCUT2D eigenvalue weighted by Gasteiger charge is -2.10. The van der Waals surface area contributed by atoms with Crippen LogP contribution in [0.1, 0.15) is 25.8 Å². The highest BCUT2D eigenvalue weighted by Gasteiger charge is 2.01. The molecule has 0 fully saturated rings. The van der Waals surface area contributed by atoms with Crippen molar-refractivity contribution in [2.24, 2.45) is 4.99 Å². The van der Waals surface area contributed by atoms with E-state index in [-0.39, 0.29) is 12.5 Å². The highest BCUT2D eigenvalue weighted by atomic mass is 16.1. The van der Waals surface area contributed by atoms with Gasteiger partial charge in [-0.1, -0.05) is 37.3 Å². The third-order valence-electron chi connectivity index (χ3n) is 2.60. The molecule has 0 aromatic heterocycles. The third-order valence-corrected chi connectivity index (χ3v) is 2.60. The molecule has 5 nitrogen and oxygen atoms in total. The summed E-state index contributed by atoms with van der Waals surface area (Å²) in [6.07, 6.45) is 1.02. The van der Waals surface area contributed by atoms with Crippen LogP contribution in [0.25, 0.3) is 0 Å². The van der Waals surface area contributed by atoms with E-state index in [1.54, 1.807) is 0 Å².